The van der Waals surface area contributed by atoms with Crippen molar-refractivity contribution in [2.75, 3.05) is 0 Å². The average molecular weight is 435 g/mol. The maximum Gasteiger partial charge on any atom is 0.340 e. The van der Waals surface area contributed by atoms with Gasteiger partial charge in [0.15, 0.2) is 0 Å². The van der Waals surface area contributed by atoms with E-state index in [0.717, 1.165) is 23.1 Å². The van der Waals surface area contributed by atoms with Crippen molar-refractivity contribution in [3.63, 3.8) is 0 Å². The lowest BCUT2D eigenvalue weighted by molar-refractivity contribution is -0.156. The van der Waals surface area contributed by atoms with Crippen LogP contribution in [0.4, 0.5) is 30.7 Å². The van der Waals surface area contributed by atoms with Crippen LogP contribution in [0.2, 0.25) is 0 Å². The van der Waals surface area contributed by atoms with Crippen LogP contribution in [0.1, 0.15) is 12.8 Å². The molecule has 3 rings (SSSR count). The first kappa shape index (κ1) is 21.2. The predicted octanol–water partition coefficient (Wildman–Crippen LogP) is 3.23. The average Bonchev–Trinajstić information content (AvgIpc) is 2.99. The Hall–Kier alpha value is -1.56. The summed E-state index contributed by atoms with van der Waals surface area (Å²) >= 11 is 0. The lowest BCUT2D eigenvalue weighted by Crippen LogP contribution is -2.52. The van der Waals surface area contributed by atoms with Gasteiger partial charge in [-0.25, -0.2) is 30.4 Å². The van der Waals surface area contributed by atoms with Crippen LogP contribution in [0.3, 0.4) is 0 Å². The van der Waals surface area contributed by atoms with E-state index in [-0.39, 0.29) is 5.70 Å². The monoisotopic (exact) mass is 435 g/mol. The molecule has 3 aliphatic rings. The molecule has 0 aromatic carbocycles. The Morgan fingerprint density at radius 1 is 1.21 bits per heavy atom. The number of aliphatic hydroxyl groups excluding tert-OH is 1. The van der Waals surface area contributed by atoms with Gasteiger partial charge in [0.05, 0.1) is 10.8 Å². The van der Waals surface area contributed by atoms with E-state index >= 15 is 0 Å². The van der Waals surface area contributed by atoms with Crippen molar-refractivity contribution in [3.8, 4) is 0 Å². The van der Waals surface area contributed by atoms with Gasteiger partial charge >= 0.3 is 5.76 Å². The largest absolute Gasteiger partial charge is 0.386 e. The summed E-state index contributed by atoms with van der Waals surface area (Å²) < 4.78 is 118. The van der Waals surface area contributed by atoms with Gasteiger partial charge in [0.1, 0.15) is 12.3 Å². The number of allylic oxidation sites excluding steroid dienone is 3. The molecule has 4 unspecified atom stereocenters. The highest BCUT2D eigenvalue weighted by molar-refractivity contribution is 7.95. The van der Waals surface area contributed by atoms with Crippen molar-refractivity contribution < 1.29 is 44.3 Å². The molecule has 0 bridgehead atoms. The van der Waals surface area contributed by atoms with Crippen molar-refractivity contribution in [1.29, 1.82) is 0 Å². The fraction of sp³-hybridized carbons (Fsp3) is 0.625. The van der Waals surface area contributed by atoms with Crippen molar-refractivity contribution in [1.82, 2.24) is 4.90 Å². The second-order valence-corrected chi connectivity index (χ2v) is 8.81. The van der Waals surface area contributed by atoms with Gasteiger partial charge in [0.2, 0.25) is 16.3 Å². The van der Waals surface area contributed by atoms with Gasteiger partial charge in [-0.3, -0.25) is 0 Å². The summed E-state index contributed by atoms with van der Waals surface area (Å²) in [6.07, 6.45) is -5.61. The van der Waals surface area contributed by atoms with Gasteiger partial charge in [0.25, 0.3) is 5.92 Å². The minimum absolute atomic E-state index is 0.133. The fourth-order valence-corrected chi connectivity index (χ4v) is 4.93. The lowest BCUT2D eigenvalue weighted by atomic mass is 9.80. The molecule has 0 aromatic heterocycles. The molecule has 28 heavy (non-hydrogen) atoms. The molecule has 1 fully saturated rings. The van der Waals surface area contributed by atoms with Gasteiger partial charge in [-0.05, 0) is 24.6 Å². The maximum atomic E-state index is 13.9. The summed E-state index contributed by atoms with van der Waals surface area (Å²) in [4.78, 5) is -0.111. The highest BCUT2D eigenvalue weighted by Gasteiger charge is 2.58. The number of hydrogen-bond acceptors (Lipinski definition) is 4. The molecule has 0 amide bonds. The number of aliphatic hydroxyl groups is 1. The Bertz CT molecular complexity index is 824. The third-order valence-corrected chi connectivity index (χ3v) is 6.75. The Morgan fingerprint density at radius 3 is 2.43 bits per heavy atom. The molecular weight excluding hydrogens is 419 g/mol. The Kier molecular flexibility index (Phi) is 5.32. The highest BCUT2D eigenvalue weighted by Crippen LogP contribution is 2.49. The van der Waals surface area contributed by atoms with E-state index in [1.165, 1.54) is 0 Å². The van der Waals surface area contributed by atoms with E-state index in [1.807, 2.05) is 0 Å². The van der Waals surface area contributed by atoms with E-state index in [2.05, 4.69) is 0 Å². The molecule has 0 radical (unpaired) electrons. The Labute approximate surface area is 155 Å². The van der Waals surface area contributed by atoms with Crippen LogP contribution >= 0.6 is 0 Å². The molecule has 5 atom stereocenters. The van der Waals surface area contributed by atoms with Gasteiger partial charge in [-0.2, -0.15) is 8.78 Å². The van der Waals surface area contributed by atoms with Crippen molar-refractivity contribution in [2.45, 2.75) is 49.3 Å². The minimum Gasteiger partial charge on any atom is -0.386 e. The second-order valence-electron chi connectivity index (χ2n) is 6.89. The molecule has 12 heteroatoms. The van der Waals surface area contributed by atoms with Crippen LogP contribution in [0.15, 0.2) is 35.0 Å². The molecule has 1 saturated carbocycles. The highest BCUT2D eigenvalue weighted by atomic mass is 32.2. The van der Waals surface area contributed by atoms with E-state index in [9.17, 15) is 44.3 Å². The number of alkyl halides is 7. The molecular formula is C16H16F7NO3S. The van der Waals surface area contributed by atoms with Gasteiger partial charge in [0, 0.05) is 30.3 Å². The van der Waals surface area contributed by atoms with Crippen LogP contribution < -0.4 is 0 Å². The van der Waals surface area contributed by atoms with Crippen LogP contribution in [-0.4, -0.2) is 54.8 Å². The smallest absolute Gasteiger partial charge is 0.340 e. The van der Waals surface area contributed by atoms with Crippen molar-refractivity contribution >= 4 is 9.84 Å². The lowest BCUT2D eigenvalue weighted by Gasteiger charge is -2.41. The fourth-order valence-electron chi connectivity index (χ4n) is 3.80. The quantitative estimate of drug-likeness (QED) is 0.689. The summed E-state index contributed by atoms with van der Waals surface area (Å²) in [6.45, 7) is 0. The van der Waals surface area contributed by atoms with Crippen LogP contribution in [0, 0.1) is 11.8 Å². The van der Waals surface area contributed by atoms with E-state index < -0.39 is 75.8 Å². The molecule has 158 valence electrons. The molecule has 0 spiro atoms. The Balaban J connectivity index is 2.07. The molecule has 2 aliphatic carbocycles. The third kappa shape index (κ3) is 3.34. The van der Waals surface area contributed by atoms with Crippen LogP contribution in [0.25, 0.3) is 0 Å². The standard InChI is InChI=1S/C16H16F7NO3S/c17-9-2-1-7(5-8(9)14(18)19)24-6-11(28(26,27)15(20)21)12-10(24)3-4-16(22,23)13(12)25/h1-2,5-6,8-10,12-15,25H,3-4H2/t8?,9?,10?,12?,13-/m0/s1. The predicted molar refractivity (Wildman–Crippen MR) is 83.9 cm³/mol. The van der Waals surface area contributed by atoms with Gasteiger partial charge < -0.3 is 10.0 Å². The van der Waals surface area contributed by atoms with Crippen LogP contribution in [-0.2, 0) is 9.84 Å². The summed E-state index contributed by atoms with van der Waals surface area (Å²) in [5, 5.41) is 9.98. The molecule has 1 heterocycles. The summed E-state index contributed by atoms with van der Waals surface area (Å²) in [6, 6.07) is -1.18. The first-order valence-electron chi connectivity index (χ1n) is 8.28. The number of halogens is 7. The minimum atomic E-state index is -5.32. The van der Waals surface area contributed by atoms with Crippen molar-refractivity contribution in [2.24, 2.45) is 11.8 Å². The zero-order valence-corrected chi connectivity index (χ0v) is 14.8. The van der Waals surface area contributed by atoms with Gasteiger partial charge in [-0.15, -0.1) is 0 Å². The number of sulfone groups is 1. The zero-order valence-electron chi connectivity index (χ0n) is 14.0. The van der Waals surface area contributed by atoms with E-state index in [0.29, 0.717) is 6.20 Å². The van der Waals surface area contributed by atoms with E-state index in [4.69, 9.17) is 0 Å². The Morgan fingerprint density at radius 2 is 1.86 bits per heavy atom. The maximum absolute atomic E-state index is 13.9. The molecule has 4 nitrogen and oxygen atoms in total. The summed E-state index contributed by atoms with van der Waals surface area (Å²) in [5.41, 5.74) is -0.133. The SMILES string of the molecule is O=S(=O)(C1=CN(C2=CC(C(F)F)C(F)C=C2)C2CCC(F)(F)[C@@H](O)C12)C(F)F. The molecule has 1 aliphatic heterocycles. The number of rotatable bonds is 4. The number of hydrogen-bond donors (Lipinski definition) is 1. The second kappa shape index (κ2) is 7.05. The summed E-state index contributed by atoms with van der Waals surface area (Å²) in [7, 11) is -5.32. The van der Waals surface area contributed by atoms with Crippen molar-refractivity contribution in [3.05, 3.63) is 35.0 Å². The molecule has 1 N–H and O–H groups in total. The molecule has 0 saturated heterocycles. The van der Waals surface area contributed by atoms with E-state index in [1.54, 1.807) is 0 Å². The normalized spacial score (nSPS) is 35.2. The topological polar surface area (TPSA) is 57.6 Å². The summed E-state index contributed by atoms with van der Waals surface area (Å²) in [5.74, 6) is -11.4. The number of nitrogens with zero attached hydrogens (tertiary/aromatic N) is 1. The first-order valence-corrected chi connectivity index (χ1v) is 9.83. The molecule has 0 aromatic rings. The van der Waals surface area contributed by atoms with Crippen LogP contribution in [0.5, 0.6) is 0 Å². The number of fused-ring (bicyclic) bond motifs is 1. The zero-order chi connectivity index (χ0) is 21.0. The van der Waals surface area contributed by atoms with Gasteiger partial charge in [-0.1, -0.05) is 0 Å². The first-order chi connectivity index (χ1) is 12.9. The third-order valence-electron chi connectivity index (χ3n) is 5.25.